The van der Waals surface area contributed by atoms with Crippen molar-refractivity contribution < 1.29 is 14.3 Å². The van der Waals surface area contributed by atoms with E-state index in [0.717, 1.165) is 64.6 Å². The number of likely N-dealkylation sites (tertiary alicyclic amines) is 2. The van der Waals surface area contributed by atoms with Crippen LogP contribution < -0.4 is 0 Å². The highest BCUT2D eigenvalue weighted by Crippen LogP contribution is 2.29. The van der Waals surface area contributed by atoms with Crippen molar-refractivity contribution in [1.29, 1.82) is 0 Å². The van der Waals surface area contributed by atoms with Crippen LogP contribution in [0.2, 0.25) is 0 Å². The number of ether oxygens (including phenoxy) is 1. The van der Waals surface area contributed by atoms with Crippen LogP contribution in [0.1, 0.15) is 64.2 Å². The molecule has 2 amide bonds. The minimum atomic E-state index is 0.306. The third kappa shape index (κ3) is 4.29. The Morgan fingerprint density at radius 3 is 2.58 bits per heavy atom. The third-order valence-corrected chi connectivity index (χ3v) is 6.15. The Morgan fingerprint density at radius 1 is 1.08 bits per heavy atom. The minimum Gasteiger partial charge on any atom is -0.381 e. The van der Waals surface area contributed by atoms with Crippen LogP contribution in [-0.2, 0) is 14.3 Å². The maximum absolute atomic E-state index is 12.6. The fraction of sp³-hybridized carbons (Fsp3) is 0.895. The van der Waals surface area contributed by atoms with Gasteiger partial charge in [-0.15, -0.1) is 0 Å². The number of carbonyl (C=O) groups excluding carboxylic acids is 2. The number of methoxy groups -OCH3 is 1. The molecule has 0 N–H and O–H groups in total. The Balaban J connectivity index is 1.44. The highest BCUT2D eigenvalue weighted by Gasteiger charge is 2.32. The molecule has 0 radical (unpaired) electrons. The van der Waals surface area contributed by atoms with Gasteiger partial charge in [0.05, 0.1) is 6.10 Å². The maximum atomic E-state index is 12.6. The summed E-state index contributed by atoms with van der Waals surface area (Å²) >= 11 is 0. The van der Waals surface area contributed by atoms with Crippen LogP contribution in [0, 0.1) is 5.92 Å². The molecule has 3 fully saturated rings. The second-order valence-corrected chi connectivity index (χ2v) is 7.75. The molecule has 24 heavy (non-hydrogen) atoms. The number of nitrogens with zero attached hydrogens (tertiary/aromatic N) is 2. The summed E-state index contributed by atoms with van der Waals surface area (Å²) in [7, 11) is 1.78. The van der Waals surface area contributed by atoms with Crippen molar-refractivity contribution in [3.63, 3.8) is 0 Å². The van der Waals surface area contributed by atoms with Crippen LogP contribution in [0.4, 0.5) is 0 Å². The fourth-order valence-electron chi connectivity index (χ4n) is 4.66. The molecule has 5 nitrogen and oxygen atoms in total. The van der Waals surface area contributed by atoms with E-state index in [1.54, 1.807) is 7.11 Å². The lowest BCUT2D eigenvalue weighted by atomic mass is 9.84. The molecule has 2 heterocycles. The first kappa shape index (κ1) is 17.7. The molecule has 1 aliphatic carbocycles. The molecule has 0 aromatic rings. The van der Waals surface area contributed by atoms with E-state index < -0.39 is 0 Å². The van der Waals surface area contributed by atoms with Crippen LogP contribution in [0.3, 0.4) is 0 Å². The summed E-state index contributed by atoms with van der Waals surface area (Å²) < 4.78 is 5.48. The van der Waals surface area contributed by atoms with Gasteiger partial charge in [0.15, 0.2) is 0 Å². The van der Waals surface area contributed by atoms with Crippen LogP contribution >= 0.6 is 0 Å². The number of rotatable bonds is 4. The minimum absolute atomic E-state index is 0.306. The van der Waals surface area contributed by atoms with E-state index in [0.29, 0.717) is 42.7 Å². The lowest BCUT2D eigenvalue weighted by Gasteiger charge is -2.40. The second-order valence-electron chi connectivity index (χ2n) is 7.75. The number of amides is 2. The molecule has 2 saturated heterocycles. The van der Waals surface area contributed by atoms with Gasteiger partial charge in [-0.05, 0) is 50.9 Å². The highest BCUT2D eigenvalue weighted by molar-refractivity contribution is 5.78. The smallest absolute Gasteiger partial charge is 0.222 e. The highest BCUT2D eigenvalue weighted by atomic mass is 16.5. The monoisotopic (exact) mass is 336 g/mol. The molecule has 0 bridgehead atoms. The lowest BCUT2D eigenvalue weighted by Crippen LogP contribution is -2.50. The molecule has 0 aromatic heterocycles. The maximum Gasteiger partial charge on any atom is 0.222 e. The van der Waals surface area contributed by atoms with Crippen molar-refractivity contribution in [2.75, 3.05) is 26.7 Å². The average Bonchev–Trinajstić information content (AvgIpc) is 2.62. The van der Waals surface area contributed by atoms with Crippen LogP contribution in [0.5, 0.6) is 0 Å². The first-order valence-corrected chi connectivity index (χ1v) is 9.77. The molecular formula is C19H32N2O3. The van der Waals surface area contributed by atoms with E-state index >= 15 is 0 Å². The quantitative estimate of drug-likeness (QED) is 0.793. The summed E-state index contributed by atoms with van der Waals surface area (Å²) in [4.78, 5) is 28.8. The Labute approximate surface area is 145 Å². The Morgan fingerprint density at radius 2 is 1.88 bits per heavy atom. The van der Waals surface area contributed by atoms with E-state index in [-0.39, 0.29) is 0 Å². The van der Waals surface area contributed by atoms with Gasteiger partial charge in [-0.1, -0.05) is 6.42 Å². The van der Waals surface area contributed by atoms with Crippen LogP contribution in [0.25, 0.3) is 0 Å². The van der Waals surface area contributed by atoms with Gasteiger partial charge in [-0.3, -0.25) is 9.59 Å². The van der Waals surface area contributed by atoms with Crippen molar-refractivity contribution in [2.45, 2.75) is 76.4 Å². The van der Waals surface area contributed by atoms with Gasteiger partial charge in [-0.25, -0.2) is 0 Å². The van der Waals surface area contributed by atoms with Crippen LogP contribution in [0.15, 0.2) is 0 Å². The SMILES string of the molecule is CO[C@@H]1CCC[C@H](CC(=O)N2CCC(N3CCCCC3=O)CC2)C1. The molecule has 1 saturated carbocycles. The summed E-state index contributed by atoms with van der Waals surface area (Å²) in [6.45, 7) is 2.54. The molecule has 3 aliphatic rings. The predicted octanol–water partition coefficient (Wildman–Crippen LogP) is 2.59. The first-order valence-electron chi connectivity index (χ1n) is 9.77. The Kier molecular flexibility index (Phi) is 6.14. The molecule has 2 atom stereocenters. The van der Waals surface area contributed by atoms with Gasteiger partial charge >= 0.3 is 0 Å². The number of hydrogen-bond donors (Lipinski definition) is 0. The van der Waals surface area contributed by atoms with Gasteiger partial charge in [0, 0.05) is 45.6 Å². The van der Waals surface area contributed by atoms with Gasteiger partial charge in [0.25, 0.3) is 0 Å². The number of piperidine rings is 2. The molecule has 0 aromatic carbocycles. The summed E-state index contributed by atoms with van der Waals surface area (Å²) in [5.41, 5.74) is 0. The summed E-state index contributed by atoms with van der Waals surface area (Å²) in [5, 5.41) is 0. The zero-order valence-corrected chi connectivity index (χ0v) is 15.0. The van der Waals surface area contributed by atoms with E-state index in [4.69, 9.17) is 4.74 Å². The van der Waals surface area contributed by atoms with Gasteiger partial charge in [-0.2, -0.15) is 0 Å². The number of hydrogen-bond acceptors (Lipinski definition) is 3. The second kappa shape index (κ2) is 8.32. The van der Waals surface area contributed by atoms with Crippen molar-refractivity contribution >= 4 is 11.8 Å². The summed E-state index contributed by atoms with van der Waals surface area (Å²) in [5.74, 6) is 1.11. The molecular weight excluding hydrogens is 304 g/mol. The molecule has 3 rings (SSSR count). The molecule has 0 spiro atoms. The predicted molar refractivity (Wildman–Crippen MR) is 92.5 cm³/mol. The Hall–Kier alpha value is -1.10. The van der Waals surface area contributed by atoms with E-state index in [1.807, 2.05) is 4.90 Å². The van der Waals surface area contributed by atoms with Crippen molar-refractivity contribution in [3.05, 3.63) is 0 Å². The van der Waals surface area contributed by atoms with Gasteiger partial charge < -0.3 is 14.5 Å². The van der Waals surface area contributed by atoms with E-state index in [2.05, 4.69) is 4.90 Å². The largest absolute Gasteiger partial charge is 0.381 e. The zero-order valence-electron chi connectivity index (χ0n) is 15.0. The summed E-state index contributed by atoms with van der Waals surface area (Å²) in [6, 6.07) is 0.356. The third-order valence-electron chi connectivity index (χ3n) is 6.15. The lowest BCUT2D eigenvalue weighted by molar-refractivity contribution is -0.139. The summed E-state index contributed by atoms with van der Waals surface area (Å²) in [6.07, 6.45) is 10.3. The molecule has 2 aliphatic heterocycles. The van der Waals surface area contributed by atoms with Crippen molar-refractivity contribution in [3.8, 4) is 0 Å². The molecule has 0 unspecified atom stereocenters. The van der Waals surface area contributed by atoms with E-state index in [9.17, 15) is 9.59 Å². The topological polar surface area (TPSA) is 49.9 Å². The van der Waals surface area contributed by atoms with Crippen molar-refractivity contribution in [1.82, 2.24) is 9.80 Å². The molecule has 5 heteroatoms. The van der Waals surface area contributed by atoms with Gasteiger partial charge in [0.1, 0.15) is 0 Å². The fourth-order valence-corrected chi connectivity index (χ4v) is 4.66. The standard InChI is InChI=1S/C19H32N2O3/c1-24-17-6-4-5-15(13-17)14-19(23)20-11-8-16(9-12-20)21-10-3-2-7-18(21)22/h15-17H,2-14H2,1H3/t15-,17+/m0/s1. The Bertz CT molecular complexity index is 446. The zero-order chi connectivity index (χ0) is 16.9. The van der Waals surface area contributed by atoms with Crippen molar-refractivity contribution in [2.24, 2.45) is 5.92 Å². The average molecular weight is 336 g/mol. The number of carbonyl (C=O) groups is 2. The van der Waals surface area contributed by atoms with E-state index in [1.165, 1.54) is 6.42 Å². The van der Waals surface area contributed by atoms with Crippen LogP contribution in [-0.4, -0.2) is 60.5 Å². The first-order chi connectivity index (χ1) is 11.7. The normalized spacial score (nSPS) is 29.8. The molecule has 136 valence electrons. The van der Waals surface area contributed by atoms with Gasteiger partial charge in [0.2, 0.25) is 11.8 Å².